The topological polar surface area (TPSA) is 38.8 Å². The van der Waals surface area contributed by atoms with E-state index in [0.717, 1.165) is 31.0 Å². The first-order chi connectivity index (χ1) is 8.62. The smallest absolute Gasteiger partial charge is 0.219 e. The number of benzene rings is 1. The summed E-state index contributed by atoms with van der Waals surface area (Å²) in [4.78, 5) is 13.0. The number of likely N-dealkylation sites (tertiary alicyclic amines) is 1. The lowest BCUT2D eigenvalue weighted by atomic mass is 9.92. The number of ether oxygens (including phenoxy) is 2. The highest BCUT2D eigenvalue weighted by Gasteiger charge is 2.28. The van der Waals surface area contributed by atoms with E-state index in [4.69, 9.17) is 9.47 Å². The number of carbonyl (C=O) groups excluding carboxylic acids is 1. The molecule has 0 N–H and O–H groups in total. The van der Waals surface area contributed by atoms with Crippen molar-refractivity contribution >= 4 is 5.91 Å². The van der Waals surface area contributed by atoms with Crippen molar-refractivity contribution in [2.45, 2.75) is 13.3 Å². The maximum absolute atomic E-state index is 11.1. The molecule has 1 aromatic carbocycles. The zero-order valence-electron chi connectivity index (χ0n) is 11.1. The molecule has 1 aliphatic rings. The van der Waals surface area contributed by atoms with E-state index in [1.54, 1.807) is 21.1 Å². The Bertz CT molecular complexity index is 416. The zero-order valence-corrected chi connectivity index (χ0v) is 11.1. The molecule has 18 heavy (non-hydrogen) atoms. The molecule has 4 nitrogen and oxygen atoms in total. The van der Waals surface area contributed by atoms with Crippen LogP contribution in [-0.4, -0.2) is 38.1 Å². The van der Waals surface area contributed by atoms with Gasteiger partial charge in [0.1, 0.15) is 11.5 Å². The molecular formula is C14H19NO3. The van der Waals surface area contributed by atoms with Gasteiger partial charge in [-0.1, -0.05) is 0 Å². The molecule has 1 heterocycles. The summed E-state index contributed by atoms with van der Waals surface area (Å²) >= 11 is 0. The Kier molecular flexibility index (Phi) is 3.75. The Balaban J connectivity index is 1.99. The Morgan fingerprint density at radius 2 is 1.78 bits per heavy atom. The van der Waals surface area contributed by atoms with Gasteiger partial charge in [0.15, 0.2) is 0 Å². The van der Waals surface area contributed by atoms with Crippen molar-refractivity contribution in [3.8, 4) is 11.5 Å². The van der Waals surface area contributed by atoms with Crippen LogP contribution in [-0.2, 0) is 11.2 Å². The second-order valence-corrected chi connectivity index (χ2v) is 4.72. The Morgan fingerprint density at radius 3 is 2.22 bits per heavy atom. The number of rotatable bonds is 4. The van der Waals surface area contributed by atoms with Crippen LogP contribution in [0.5, 0.6) is 11.5 Å². The largest absolute Gasteiger partial charge is 0.497 e. The number of hydrogen-bond acceptors (Lipinski definition) is 3. The molecule has 1 aliphatic heterocycles. The summed E-state index contributed by atoms with van der Waals surface area (Å²) < 4.78 is 10.5. The SMILES string of the molecule is COc1cc(CC2CN(C(C)=O)C2)cc(OC)c1. The molecule has 2 rings (SSSR count). The first-order valence-electron chi connectivity index (χ1n) is 6.10. The van der Waals surface area contributed by atoms with Crippen LogP contribution < -0.4 is 9.47 Å². The third kappa shape index (κ3) is 2.75. The second kappa shape index (κ2) is 5.29. The summed E-state index contributed by atoms with van der Waals surface area (Å²) in [6, 6.07) is 5.92. The lowest BCUT2D eigenvalue weighted by Gasteiger charge is -2.38. The standard InChI is InChI=1S/C14H19NO3/c1-10(16)15-8-12(9-15)4-11-5-13(17-2)7-14(6-11)18-3/h5-7,12H,4,8-9H2,1-3H3. The maximum atomic E-state index is 11.1. The van der Waals surface area contributed by atoms with E-state index in [9.17, 15) is 4.79 Å². The summed E-state index contributed by atoms with van der Waals surface area (Å²) in [5, 5.41) is 0. The van der Waals surface area contributed by atoms with Crippen molar-refractivity contribution in [2.24, 2.45) is 5.92 Å². The summed E-state index contributed by atoms with van der Waals surface area (Å²) in [5.41, 5.74) is 1.19. The van der Waals surface area contributed by atoms with Gasteiger partial charge in [0.25, 0.3) is 0 Å². The van der Waals surface area contributed by atoms with Gasteiger partial charge in [0.2, 0.25) is 5.91 Å². The van der Waals surface area contributed by atoms with E-state index >= 15 is 0 Å². The lowest BCUT2D eigenvalue weighted by Crippen LogP contribution is -2.49. The van der Waals surface area contributed by atoms with Crippen LogP contribution in [0.25, 0.3) is 0 Å². The number of nitrogens with zero attached hydrogens (tertiary/aromatic N) is 1. The fourth-order valence-corrected chi connectivity index (χ4v) is 2.27. The van der Waals surface area contributed by atoms with E-state index in [0.29, 0.717) is 5.92 Å². The van der Waals surface area contributed by atoms with Gasteiger partial charge >= 0.3 is 0 Å². The fourth-order valence-electron chi connectivity index (χ4n) is 2.27. The monoisotopic (exact) mass is 249 g/mol. The van der Waals surface area contributed by atoms with Crippen LogP contribution in [0.2, 0.25) is 0 Å². The highest BCUT2D eigenvalue weighted by Crippen LogP contribution is 2.27. The molecule has 0 saturated carbocycles. The van der Waals surface area contributed by atoms with Crippen molar-refractivity contribution in [1.29, 1.82) is 0 Å². The zero-order chi connectivity index (χ0) is 13.1. The summed E-state index contributed by atoms with van der Waals surface area (Å²) in [6.45, 7) is 3.33. The van der Waals surface area contributed by atoms with E-state index in [-0.39, 0.29) is 5.91 Å². The highest BCUT2D eigenvalue weighted by atomic mass is 16.5. The highest BCUT2D eigenvalue weighted by molar-refractivity contribution is 5.74. The van der Waals surface area contributed by atoms with Crippen LogP contribution >= 0.6 is 0 Å². The Labute approximate surface area is 107 Å². The molecule has 1 aromatic rings. The van der Waals surface area contributed by atoms with Crippen molar-refractivity contribution in [3.63, 3.8) is 0 Å². The molecule has 0 bridgehead atoms. The van der Waals surface area contributed by atoms with Crippen LogP contribution in [0.1, 0.15) is 12.5 Å². The van der Waals surface area contributed by atoms with Crippen molar-refractivity contribution in [1.82, 2.24) is 4.90 Å². The van der Waals surface area contributed by atoms with Gasteiger partial charge in [-0.3, -0.25) is 4.79 Å². The number of amides is 1. The number of carbonyl (C=O) groups is 1. The van der Waals surface area contributed by atoms with Crippen LogP contribution in [0.3, 0.4) is 0 Å². The molecule has 1 fully saturated rings. The van der Waals surface area contributed by atoms with Gasteiger partial charge in [-0.25, -0.2) is 0 Å². The molecule has 0 radical (unpaired) electrons. The average Bonchev–Trinajstić information content (AvgIpc) is 2.32. The number of methoxy groups -OCH3 is 2. The van der Waals surface area contributed by atoms with Crippen LogP contribution in [0.15, 0.2) is 18.2 Å². The predicted molar refractivity (Wildman–Crippen MR) is 69.0 cm³/mol. The molecule has 4 heteroatoms. The molecule has 1 amide bonds. The summed E-state index contributed by atoms with van der Waals surface area (Å²) in [7, 11) is 3.30. The molecule has 0 spiro atoms. The minimum absolute atomic E-state index is 0.162. The van der Waals surface area contributed by atoms with Gasteiger partial charge < -0.3 is 14.4 Å². The average molecular weight is 249 g/mol. The van der Waals surface area contributed by atoms with Gasteiger partial charge in [-0.15, -0.1) is 0 Å². The first kappa shape index (κ1) is 12.7. The third-order valence-electron chi connectivity index (χ3n) is 3.34. The maximum Gasteiger partial charge on any atom is 0.219 e. The molecular weight excluding hydrogens is 230 g/mol. The molecule has 0 aliphatic carbocycles. The number of hydrogen-bond donors (Lipinski definition) is 0. The Hall–Kier alpha value is -1.71. The third-order valence-corrected chi connectivity index (χ3v) is 3.34. The Morgan fingerprint density at radius 1 is 1.22 bits per heavy atom. The molecule has 0 aromatic heterocycles. The van der Waals surface area contributed by atoms with E-state index in [1.807, 2.05) is 23.1 Å². The second-order valence-electron chi connectivity index (χ2n) is 4.72. The van der Waals surface area contributed by atoms with E-state index in [2.05, 4.69) is 0 Å². The summed E-state index contributed by atoms with van der Waals surface area (Å²) in [5.74, 6) is 2.33. The quantitative estimate of drug-likeness (QED) is 0.815. The minimum atomic E-state index is 0.162. The van der Waals surface area contributed by atoms with Crippen molar-refractivity contribution in [3.05, 3.63) is 23.8 Å². The van der Waals surface area contributed by atoms with Crippen molar-refractivity contribution < 1.29 is 14.3 Å². The fraction of sp³-hybridized carbons (Fsp3) is 0.500. The molecule has 1 saturated heterocycles. The van der Waals surface area contributed by atoms with Gasteiger partial charge in [0.05, 0.1) is 14.2 Å². The first-order valence-corrected chi connectivity index (χ1v) is 6.10. The minimum Gasteiger partial charge on any atom is -0.497 e. The van der Waals surface area contributed by atoms with Crippen LogP contribution in [0.4, 0.5) is 0 Å². The van der Waals surface area contributed by atoms with E-state index in [1.165, 1.54) is 5.56 Å². The summed E-state index contributed by atoms with van der Waals surface area (Å²) in [6.07, 6.45) is 0.956. The lowest BCUT2D eigenvalue weighted by molar-refractivity contribution is -0.134. The van der Waals surface area contributed by atoms with Gasteiger partial charge in [-0.2, -0.15) is 0 Å². The van der Waals surface area contributed by atoms with Gasteiger partial charge in [0, 0.05) is 26.1 Å². The van der Waals surface area contributed by atoms with Gasteiger partial charge in [-0.05, 0) is 30.0 Å². The normalized spacial score (nSPS) is 15.2. The van der Waals surface area contributed by atoms with E-state index < -0.39 is 0 Å². The van der Waals surface area contributed by atoms with Crippen molar-refractivity contribution in [2.75, 3.05) is 27.3 Å². The predicted octanol–water partition coefficient (Wildman–Crippen LogP) is 1.72. The van der Waals surface area contributed by atoms with Crippen LogP contribution in [0, 0.1) is 5.92 Å². The molecule has 0 unspecified atom stereocenters. The molecule has 0 atom stereocenters. The molecule has 98 valence electrons.